The van der Waals surface area contributed by atoms with Gasteiger partial charge in [0.05, 0.1) is 0 Å². The van der Waals surface area contributed by atoms with Gasteiger partial charge in [-0.1, -0.05) is 19.3 Å². The largest absolute Gasteiger partial charge is 0.476 e. The van der Waals surface area contributed by atoms with E-state index in [4.69, 9.17) is 10.8 Å². The Morgan fingerprint density at radius 1 is 1.20 bits per heavy atom. The van der Waals surface area contributed by atoms with Crippen LogP contribution in [0.25, 0.3) is 0 Å². The van der Waals surface area contributed by atoms with Crippen LogP contribution in [0, 0.1) is 0 Å². The third kappa shape index (κ3) is 11.3. The summed E-state index contributed by atoms with van der Waals surface area (Å²) in [6, 6.07) is 0. The second kappa shape index (κ2) is 11.5. The fourth-order valence-corrected chi connectivity index (χ4v) is 1.14. The Morgan fingerprint density at radius 2 is 1.73 bits per heavy atom. The van der Waals surface area contributed by atoms with Crippen molar-refractivity contribution in [3.8, 4) is 0 Å². The summed E-state index contributed by atoms with van der Waals surface area (Å²) < 4.78 is 12.4. The summed E-state index contributed by atoms with van der Waals surface area (Å²) in [7, 11) is 0. The number of hydrogen-bond donors (Lipinski definition) is 2. The highest BCUT2D eigenvalue weighted by Gasteiger charge is 2.02. The van der Waals surface area contributed by atoms with Crippen molar-refractivity contribution in [2.75, 3.05) is 6.54 Å². The third-order valence-electron chi connectivity index (χ3n) is 1.94. The minimum atomic E-state index is -1.48. The van der Waals surface area contributed by atoms with Gasteiger partial charge in [-0.05, 0) is 31.9 Å². The van der Waals surface area contributed by atoms with Crippen LogP contribution in [-0.2, 0) is 4.79 Å². The molecule has 0 aromatic rings. The maximum atomic E-state index is 12.4. The van der Waals surface area contributed by atoms with Crippen LogP contribution >= 0.6 is 12.4 Å². The highest BCUT2D eigenvalue weighted by atomic mass is 35.5. The zero-order chi connectivity index (χ0) is 10.8. The molecule has 0 aliphatic heterocycles. The molecule has 0 saturated heterocycles. The standard InChI is InChI=1S/C10H18FNO2.ClH/c11-9(10(13)14)7-5-3-1-2-4-6-8-12;/h7H,1-6,8,12H2,(H,13,14);1H. The minimum Gasteiger partial charge on any atom is -0.476 e. The van der Waals surface area contributed by atoms with Crippen LogP contribution < -0.4 is 5.73 Å². The monoisotopic (exact) mass is 239 g/mol. The predicted octanol–water partition coefficient (Wildman–Crippen LogP) is 2.65. The molecule has 0 amide bonds. The van der Waals surface area contributed by atoms with E-state index in [1.165, 1.54) is 0 Å². The molecule has 0 spiro atoms. The number of unbranched alkanes of at least 4 members (excludes halogenated alkanes) is 5. The maximum absolute atomic E-state index is 12.4. The molecule has 0 rings (SSSR count). The lowest BCUT2D eigenvalue weighted by atomic mass is 10.1. The van der Waals surface area contributed by atoms with Crippen molar-refractivity contribution < 1.29 is 14.3 Å². The van der Waals surface area contributed by atoms with Gasteiger partial charge >= 0.3 is 5.97 Å². The van der Waals surface area contributed by atoms with E-state index in [0.29, 0.717) is 13.0 Å². The number of hydrogen-bond acceptors (Lipinski definition) is 2. The van der Waals surface area contributed by atoms with E-state index in [0.717, 1.165) is 38.2 Å². The highest BCUT2D eigenvalue weighted by Crippen LogP contribution is 2.07. The van der Waals surface area contributed by atoms with E-state index in [1.54, 1.807) is 0 Å². The van der Waals surface area contributed by atoms with Gasteiger partial charge in [0.2, 0.25) is 5.83 Å². The van der Waals surface area contributed by atoms with Gasteiger partial charge in [0, 0.05) is 0 Å². The van der Waals surface area contributed by atoms with Gasteiger partial charge in [-0.2, -0.15) is 4.39 Å². The average Bonchev–Trinajstić information content (AvgIpc) is 2.16. The SMILES string of the molecule is Cl.NCCCCCCCC=C(F)C(=O)O. The quantitative estimate of drug-likeness (QED) is 0.506. The van der Waals surface area contributed by atoms with E-state index in [-0.39, 0.29) is 12.4 Å². The predicted molar refractivity (Wildman–Crippen MR) is 60.8 cm³/mol. The van der Waals surface area contributed by atoms with Gasteiger partial charge in [-0.3, -0.25) is 0 Å². The van der Waals surface area contributed by atoms with E-state index in [1.807, 2.05) is 0 Å². The molecule has 90 valence electrons. The molecule has 0 aliphatic rings. The van der Waals surface area contributed by atoms with Crippen LogP contribution in [-0.4, -0.2) is 17.6 Å². The maximum Gasteiger partial charge on any atom is 0.364 e. The van der Waals surface area contributed by atoms with Crippen LogP contribution in [0.4, 0.5) is 4.39 Å². The van der Waals surface area contributed by atoms with Crippen molar-refractivity contribution in [2.24, 2.45) is 5.73 Å². The number of carboxylic acids is 1. The summed E-state index contributed by atoms with van der Waals surface area (Å²) in [5, 5.41) is 8.20. The molecule has 15 heavy (non-hydrogen) atoms. The first-order valence-corrected chi connectivity index (χ1v) is 4.97. The van der Waals surface area contributed by atoms with Crippen LogP contribution in [0.2, 0.25) is 0 Å². The fourth-order valence-electron chi connectivity index (χ4n) is 1.14. The summed E-state index contributed by atoms with van der Waals surface area (Å²) >= 11 is 0. The van der Waals surface area contributed by atoms with Crippen LogP contribution in [0.5, 0.6) is 0 Å². The molecule has 3 N–H and O–H groups in total. The number of aliphatic carboxylic acids is 1. The first-order valence-electron chi connectivity index (χ1n) is 4.97. The van der Waals surface area contributed by atoms with Crippen molar-refractivity contribution in [3.63, 3.8) is 0 Å². The molecule has 0 aromatic heterocycles. The Bertz CT molecular complexity index is 198. The summed E-state index contributed by atoms with van der Waals surface area (Å²) in [6.07, 6.45) is 6.68. The minimum absolute atomic E-state index is 0. The van der Waals surface area contributed by atoms with Crippen molar-refractivity contribution in [1.82, 2.24) is 0 Å². The van der Waals surface area contributed by atoms with Gasteiger partial charge in [0.15, 0.2) is 0 Å². The lowest BCUT2D eigenvalue weighted by Crippen LogP contribution is -1.97. The number of carbonyl (C=O) groups is 1. The molecule has 0 radical (unpaired) electrons. The third-order valence-corrected chi connectivity index (χ3v) is 1.94. The zero-order valence-electron chi connectivity index (χ0n) is 8.75. The second-order valence-corrected chi connectivity index (χ2v) is 3.20. The van der Waals surface area contributed by atoms with Crippen molar-refractivity contribution >= 4 is 18.4 Å². The first kappa shape index (κ1) is 16.8. The Balaban J connectivity index is 0. The summed E-state index contributed by atoms with van der Waals surface area (Å²) in [6.45, 7) is 0.716. The van der Waals surface area contributed by atoms with E-state index in [2.05, 4.69) is 0 Å². The molecule has 5 heteroatoms. The lowest BCUT2D eigenvalue weighted by Gasteiger charge is -1.97. The van der Waals surface area contributed by atoms with E-state index >= 15 is 0 Å². The molecule has 0 fully saturated rings. The van der Waals surface area contributed by atoms with Gasteiger partial charge in [0.1, 0.15) is 0 Å². The van der Waals surface area contributed by atoms with Crippen molar-refractivity contribution in [1.29, 1.82) is 0 Å². The molecule has 0 bridgehead atoms. The summed E-state index contributed by atoms with van der Waals surface area (Å²) in [5.41, 5.74) is 5.32. The molecular weight excluding hydrogens is 221 g/mol. The topological polar surface area (TPSA) is 63.3 Å². The van der Waals surface area contributed by atoms with Gasteiger partial charge in [-0.15, -0.1) is 12.4 Å². The van der Waals surface area contributed by atoms with Gasteiger partial charge < -0.3 is 10.8 Å². The van der Waals surface area contributed by atoms with Crippen LogP contribution in [0.15, 0.2) is 11.9 Å². The number of carboxylic acid groups (broad SMARTS) is 1. The Kier molecular flexibility index (Phi) is 12.8. The Hall–Kier alpha value is -0.610. The summed E-state index contributed by atoms with van der Waals surface area (Å²) in [5.74, 6) is -2.53. The molecular formula is C10H19ClFNO2. The average molecular weight is 240 g/mol. The second-order valence-electron chi connectivity index (χ2n) is 3.20. The highest BCUT2D eigenvalue weighted by molar-refractivity contribution is 5.85. The number of nitrogens with two attached hydrogens (primary N) is 1. The van der Waals surface area contributed by atoms with Crippen molar-refractivity contribution in [3.05, 3.63) is 11.9 Å². The summed E-state index contributed by atoms with van der Waals surface area (Å²) in [4.78, 5) is 10.0. The fraction of sp³-hybridized carbons (Fsp3) is 0.700. The molecule has 0 aliphatic carbocycles. The van der Waals surface area contributed by atoms with E-state index in [9.17, 15) is 9.18 Å². The normalized spacial score (nSPS) is 10.9. The molecule has 0 unspecified atom stereocenters. The smallest absolute Gasteiger partial charge is 0.364 e. The van der Waals surface area contributed by atoms with Gasteiger partial charge in [0.25, 0.3) is 0 Å². The number of halogens is 2. The Morgan fingerprint density at radius 3 is 2.27 bits per heavy atom. The number of rotatable bonds is 8. The first-order chi connectivity index (χ1) is 6.68. The molecule has 0 saturated carbocycles. The lowest BCUT2D eigenvalue weighted by molar-refractivity contribution is -0.134. The Labute approximate surface area is 95.9 Å². The van der Waals surface area contributed by atoms with Crippen LogP contribution in [0.3, 0.4) is 0 Å². The number of allylic oxidation sites excluding steroid dienone is 1. The zero-order valence-corrected chi connectivity index (χ0v) is 9.56. The molecule has 0 atom stereocenters. The van der Waals surface area contributed by atoms with E-state index < -0.39 is 11.8 Å². The molecule has 0 aromatic carbocycles. The molecule has 0 heterocycles. The molecule has 3 nitrogen and oxygen atoms in total. The van der Waals surface area contributed by atoms with Crippen molar-refractivity contribution in [2.45, 2.75) is 38.5 Å². The van der Waals surface area contributed by atoms with Gasteiger partial charge in [-0.25, -0.2) is 4.79 Å². The van der Waals surface area contributed by atoms with Crippen LogP contribution in [0.1, 0.15) is 38.5 Å².